The Hall–Kier alpha value is -1.21. The van der Waals surface area contributed by atoms with Crippen molar-refractivity contribution >= 4 is 0 Å². The van der Waals surface area contributed by atoms with Gasteiger partial charge in [0.25, 0.3) is 0 Å². The fourth-order valence-corrected chi connectivity index (χ4v) is 1.03. The maximum Gasteiger partial charge on any atom is 2.00 e. The van der Waals surface area contributed by atoms with Crippen LogP contribution in [0.25, 0.3) is 11.4 Å². The molecular formula is C12H14N2Ni. The van der Waals surface area contributed by atoms with Gasteiger partial charge in [-0.1, -0.05) is 12.1 Å². The normalized spacial score (nSPS) is 7.73. The van der Waals surface area contributed by atoms with Gasteiger partial charge in [0.1, 0.15) is 0 Å². The molecule has 0 fully saturated rings. The second-order valence-corrected chi connectivity index (χ2v) is 2.43. The summed E-state index contributed by atoms with van der Waals surface area (Å²) in [5.74, 6) is 0. The fourth-order valence-electron chi connectivity index (χ4n) is 1.03. The molecule has 0 N–H and O–H groups in total. The van der Waals surface area contributed by atoms with Crippen LogP contribution in [-0.4, -0.2) is 9.97 Å². The predicted octanol–water partition coefficient (Wildman–Crippen LogP) is 3.04. The molecule has 15 heavy (non-hydrogen) atoms. The van der Waals surface area contributed by atoms with Crippen LogP contribution in [0, 0.1) is 14.9 Å². The maximum absolute atomic E-state index is 4.19. The molecule has 0 atom stereocenters. The Bertz CT molecular complexity index is 311. The van der Waals surface area contributed by atoms with Crippen molar-refractivity contribution in [2.45, 2.75) is 0 Å². The van der Waals surface area contributed by atoms with Gasteiger partial charge in [-0.25, -0.2) is 0 Å². The molecule has 0 unspecified atom stereocenters. The molecule has 0 aliphatic heterocycles. The second-order valence-electron chi connectivity index (χ2n) is 2.43. The molecule has 2 aromatic heterocycles. The van der Waals surface area contributed by atoms with Crippen LogP contribution in [0.5, 0.6) is 0 Å². The number of rotatable bonds is 1. The Morgan fingerprint density at radius 3 is 1.33 bits per heavy atom. The average molecular weight is 245 g/mol. The van der Waals surface area contributed by atoms with Crippen molar-refractivity contribution in [1.29, 1.82) is 0 Å². The van der Waals surface area contributed by atoms with Crippen molar-refractivity contribution < 1.29 is 16.5 Å². The Balaban J connectivity index is 0. The van der Waals surface area contributed by atoms with Gasteiger partial charge in [0.05, 0.1) is 11.4 Å². The Morgan fingerprint density at radius 2 is 1.07 bits per heavy atom. The van der Waals surface area contributed by atoms with E-state index in [-0.39, 0.29) is 31.3 Å². The summed E-state index contributed by atoms with van der Waals surface area (Å²) in [7, 11) is 0. The third-order valence-corrected chi connectivity index (χ3v) is 1.59. The van der Waals surface area contributed by atoms with Crippen LogP contribution in [0.4, 0.5) is 0 Å². The van der Waals surface area contributed by atoms with Crippen LogP contribution >= 0.6 is 0 Å². The summed E-state index contributed by atoms with van der Waals surface area (Å²) in [6.07, 6.45) is 3.54. The molecule has 0 amide bonds. The van der Waals surface area contributed by atoms with Gasteiger partial charge in [0.2, 0.25) is 0 Å². The molecule has 0 saturated carbocycles. The summed E-state index contributed by atoms with van der Waals surface area (Å²) in [5.41, 5.74) is 1.83. The minimum absolute atomic E-state index is 0. The average Bonchev–Trinajstić information content (AvgIpc) is 2.21. The van der Waals surface area contributed by atoms with Gasteiger partial charge in [-0.15, -0.1) is 0 Å². The molecule has 0 bridgehead atoms. The van der Waals surface area contributed by atoms with Crippen molar-refractivity contribution in [3.63, 3.8) is 0 Å². The summed E-state index contributed by atoms with van der Waals surface area (Å²) in [4.78, 5) is 8.37. The maximum atomic E-state index is 4.19. The molecule has 0 saturated heterocycles. The molecule has 2 rings (SSSR count). The zero-order valence-corrected chi connectivity index (χ0v) is 9.82. The summed E-state index contributed by atoms with van der Waals surface area (Å²) < 4.78 is 0. The first kappa shape index (κ1) is 16.2. The molecule has 3 heteroatoms. The van der Waals surface area contributed by atoms with E-state index in [1.807, 2.05) is 36.4 Å². The molecular weight excluding hydrogens is 231 g/mol. The zero-order valence-electron chi connectivity index (χ0n) is 8.83. The quantitative estimate of drug-likeness (QED) is 0.569. The Morgan fingerprint density at radius 1 is 0.667 bits per heavy atom. The number of pyridine rings is 2. The number of aromatic nitrogens is 2. The van der Waals surface area contributed by atoms with Gasteiger partial charge in [-0.2, -0.15) is 0 Å². The van der Waals surface area contributed by atoms with Crippen molar-refractivity contribution in [3.05, 3.63) is 63.6 Å². The van der Waals surface area contributed by atoms with E-state index >= 15 is 0 Å². The first-order valence-corrected chi connectivity index (χ1v) is 3.79. The third-order valence-electron chi connectivity index (χ3n) is 1.59. The van der Waals surface area contributed by atoms with E-state index in [9.17, 15) is 0 Å². The third kappa shape index (κ3) is 4.22. The first-order valence-electron chi connectivity index (χ1n) is 3.79. The first-order chi connectivity index (χ1) is 5.97. The summed E-state index contributed by atoms with van der Waals surface area (Å²) in [5, 5.41) is 0. The van der Waals surface area contributed by atoms with E-state index in [0.29, 0.717) is 0 Å². The van der Waals surface area contributed by atoms with E-state index in [0.717, 1.165) is 11.4 Å². The van der Waals surface area contributed by atoms with E-state index in [1.54, 1.807) is 12.4 Å². The van der Waals surface area contributed by atoms with E-state index in [4.69, 9.17) is 0 Å². The smallest absolute Gasteiger partial charge is 0.358 e. The molecule has 2 nitrogen and oxygen atoms in total. The van der Waals surface area contributed by atoms with Gasteiger partial charge >= 0.3 is 16.5 Å². The Labute approximate surface area is 102 Å². The predicted molar refractivity (Wildman–Crippen MR) is 60.3 cm³/mol. The van der Waals surface area contributed by atoms with Crippen LogP contribution < -0.4 is 0 Å². The fraction of sp³-hybridized carbons (Fsp3) is 0. The molecule has 0 aliphatic carbocycles. The van der Waals surface area contributed by atoms with Crippen molar-refractivity contribution in [1.82, 2.24) is 9.97 Å². The van der Waals surface area contributed by atoms with Crippen LogP contribution in [0.2, 0.25) is 0 Å². The molecule has 82 valence electrons. The van der Waals surface area contributed by atoms with Crippen LogP contribution in [0.1, 0.15) is 0 Å². The molecule has 0 aliphatic rings. The number of hydrogen-bond acceptors (Lipinski definition) is 2. The Kier molecular flexibility index (Phi) is 8.80. The number of nitrogens with zero attached hydrogens (tertiary/aromatic N) is 2. The largest absolute Gasteiger partial charge is 2.00 e. The van der Waals surface area contributed by atoms with Crippen molar-refractivity contribution in [2.24, 2.45) is 0 Å². The topological polar surface area (TPSA) is 25.8 Å². The van der Waals surface area contributed by atoms with Crippen LogP contribution in [-0.2, 0) is 16.5 Å². The second kappa shape index (κ2) is 8.13. The molecule has 2 heterocycles. The van der Waals surface area contributed by atoms with E-state index < -0.39 is 0 Å². The summed E-state index contributed by atoms with van der Waals surface area (Å²) in [6, 6.07) is 11.6. The molecule has 0 aromatic carbocycles. The molecule has 2 aromatic rings. The standard InChI is InChI=1S/C10H8N2.2CH3.Ni/c1-3-7-11-9(5-1)10-6-2-4-8-12-10;;;/h1-8H;2*1H3;/q;2*-1;+2. The van der Waals surface area contributed by atoms with Gasteiger partial charge < -0.3 is 14.9 Å². The van der Waals surface area contributed by atoms with Gasteiger partial charge in [-0.05, 0) is 24.3 Å². The van der Waals surface area contributed by atoms with Gasteiger partial charge in [0, 0.05) is 12.4 Å². The monoisotopic (exact) mass is 244 g/mol. The van der Waals surface area contributed by atoms with Gasteiger partial charge in [-0.3, -0.25) is 9.97 Å². The summed E-state index contributed by atoms with van der Waals surface area (Å²) in [6.45, 7) is 0. The minimum atomic E-state index is 0. The van der Waals surface area contributed by atoms with Crippen molar-refractivity contribution in [3.8, 4) is 11.4 Å². The zero-order chi connectivity index (χ0) is 8.23. The van der Waals surface area contributed by atoms with E-state index in [2.05, 4.69) is 9.97 Å². The SMILES string of the molecule is [CH3-].[CH3-].[Ni+2].c1ccc(-c2ccccn2)nc1. The van der Waals surface area contributed by atoms with Crippen LogP contribution in [0.3, 0.4) is 0 Å². The van der Waals surface area contributed by atoms with Crippen molar-refractivity contribution in [2.75, 3.05) is 0 Å². The van der Waals surface area contributed by atoms with Crippen LogP contribution in [0.15, 0.2) is 48.8 Å². The van der Waals surface area contributed by atoms with E-state index in [1.165, 1.54) is 0 Å². The van der Waals surface area contributed by atoms with Gasteiger partial charge in [0.15, 0.2) is 0 Å². The summed E-state index contributed by atoms with van der Waals surface area (Å²) >= 11 is 0. The molecule has 0 radical (unpaired) electrons. The molecule has 0 spiro atoms. The minimum Gasteiger partial charge on any atom is -0.358 e. The number of hydrogen-bond donors (Lipinski definition) is 0.